The Kier molecular flexibility index (Phi) is 5.08. The molecule has 0 saturated carbocycles. The van der Waals surface area contributed by atoms with E-state index in [4.69, 9.17) is 17.3 Å². The van der Waals surface area contributed by atoms with Gasteiger partial charge in [0.2, 0.25) is 5.91 Å². The lowest BCUT2D eigenvalue weighted by Crippen LogP contribution is -2.23. The zero-order chi connectivity index (χ0) is 16.1. The molecule has 22 heavy (non-hydrogen) atoms. The molecule has 0 unspecified atom stereocenters. The van der Waals surface area contributed by atoms with Crippen LogP contribution in [0.5, 0.6) is 0 Å². The molecule has 0 bridgehead atoms. The molecular weight excluding hydrogens is 309 g/mol. The minimum Gasteiger partial charge on any atom is -0.323 e. The number of hydrogen-bond acceptors (Lipinski definition) is 3. The molecule has 0 aliphatic carbocycles. The predicted octanol–water partition coefficient (Wildman–Crippen LogP) is 2.63. The minimum atomic E-state index is -0.553. The Labute approximate surface area is 131 Å². The van der Waals surface area contributed by atoms with Gasteiger partial charge in [-0.2, -0.15) is 0 Å². The predicted molar refractivity (Wildman–Crippen MR) is 83.5 cm³/mol. The van der Waals surface area contributed by atoms with Crippen molar-refractivity contribution in [1.29, 1.82) is 0 Å². The van der Waals surface area contributed by atoms with E-state index in [9.17, 15) is 14.0 Å². The van der Waals surface area contributed by atoms with Gasteiger partial charge in [0.05, 0.1) is 28.5 Å². The smallest absolute Gasteiger partial charge is 0.257 e. The molecule has 5 nitrogen and oxygen atoms in total. The Bertz CT molecular complexity index is 722. The first kappa shape index (κ1) is 15.9. The number of halogens is 2. The van der Waals surface area contributed by atoms with E-state index in [0.717, 1.165) is 6.07 Å². The van der Waals surface area contributed by atoms with E-state index in [-0.39, 0.29) is 28.5 Å². The number of benzene rings is 2. The third-order valence-electron chi connectivity index (χ3n) is 2.81. The summed E-state index contributed by atoms with van der Waals surface area (Å²) in [5.41, 5.74) is 5.84. The van der Waals surface area contributed by atoms with Crippen molar-refractivity contribution in [2.24, 2.45) is 5.73 Å². The molecule has 114 valence electrons. The first-order chi connectivity index (χ1) is 10.5. The van der Waals surface area contributed by atoms with Crippen LogP contribution in [0.4, 0.5) is 15.8 Å². The molecule has 2 rings (SSSR count). The highest BCUT2D eigenvalue weighted by atomic mass is 35.5. The maximum absolute atomic E-state index is 13.3. The molecule has 2 aromatic rings. The Balaban J connectivity index is 2.27. The zero-order valence-corrected chi connectivity index (χ0v) is 12.2. The second kappa shape index (κ2) is 7.02. The molecule has 7 heteroatoms. The van der Waals surface area contributed by atoms with Crippen LogP contribution in [-0.2, 0) is 4.79 Å². The molecule has 4 N–H and O–H groups in total. The number of rotatable bonds is 4. The van der Waals surface area contributed by atoms with Gasteiger partial charge in [-0.15, -0.1) is 0 Å². The summed E-state index contributed by atoms with van der Waals surface area (Å²) in [5.74, 6) is -1.53. The number of carbonyl (C=O) groups excluding carboxylic acids is 2. The average molecular weight is 322 g/mol. The fourth-order valence-electron chi connectivity index (χ4n) is 1.77. The maximum Gasteiger partial charge on any atom is 0.257 e. The highest BCUT2D eigenvalue weighted by Gasteiger charge is 2.13. The van der Waals surface area contributed by atoms with Gasteiger partial charge >= 0.3 is 0 Å². The first-order valence-electron chi connectivity index (χ1n) is 6.36. The molecule has 0 heterocycles. The van der Waals surface area contributed by atoms with Gasteiger partial charge in [0, 0.05) is 0 Å². The van der Waals surface area contributed by atoms with E-state index < -0.39 is 17.6 Å². The Morgan fingerprint density at radius 1 is 1.09 bits per heavy atom. The summed E-state index contributed by atoms with van der Waals surface area (Å²) in [6.45, 7) is -0.256. The molecule has 0 radical (unpaired) electrons. The van der Waals surface area contributed by atoms with Crippen molar-refractivity contribution >= 4 is 34.8 Å². The lowest BCUT2D eigenvalue weighted by Gasteiger charge is -2.12. The summed E-state index contributed by atoms with van der Waals surface area (Å²) in [5, 5.41) is 5.29. The van der Waals surface area contributed by atoms with Crippen LogP contribution in [0.1, 0.15) is 10.4 Å². The molecule has 2 amide bonds. The maximum atomic E-state index is 13.3. The van der Waals surface area contributed by atoms with Crippen LogP contribution in [-0.4, -0.2) is 18.4 Å². The van der Waals surface area contributed by atoms with Gasteiger partial charge in [-0.3, -0.25) is 9.59 Å². The normalized spacial score (nSPS) is 10.1. The number of nitrogens with one attached hydrogen (secondary N) is 2. The van der Waals surface area contributed by atoms with Gasteiger partial charge in [0.15, 0.2) is 0 Å². The summed E-state index contributed by atoms with van der Waals surface area (Å²) < 4.78 is 13.3. The quantitative estimate of drug-likeness (QED) is 0.809. The monoisotopic (exact) mass is 321 g/mol. The van der Waals surface area contributed by atoms with E-state index >= 15 is 0 Å². The van der Waals surface area contributed by atoms with E-state index in [1.54, 1.807) is 24.3 Å². The molecule has 0 atom stereocenters. The second-order valence-corrected chi connectivity index (χ2v) is 4.78. The molecule has 0 fully saturated rings. The zero-order valence-electron chi connectivity index (χ0n) is 11.4. The van der Waals surface area contributed by atoms with Gasteiger partial charge in [-0.1, -0.05) is 23.7 Å². The van der Waals surface area contributed by atoms with Crippen LogP contribution < -0.4 is 16.4 Å². The van der Waals surface area contributed by atoms with Crippen molar-refractivity contribution in [3.05, 3.63) is 58.9 Å². The molecule has 0 aliphatic rings. The van der Waals surface area contributed by atoms with Gasteiger partial charge < -0.3 is 16.4 Å². The standard InChI is InChI=1S/C15H13ClFN3O2/c16-11-4-2-1-3-10(11)15(22)20-12-6-5-9(17)7-13(12)19-14(21)8-18/h1-7H,8,18H2,(H,19,21)(H,20,22). The van der Waals surface area contributed by atoms with Crippen LogP contribution in [0.15, 0.2) is 42.5 Å². The Morgan fingerprint density at radius 3 is 2.50 bits per heavy atom. The summed E-state index contributed by atoms with van der Waals surface area (Å²) in [7, 11) is 0. The molecule has 0 saturated heterocycles. The van der Waals surface area contributed by atoms with Crippen molar-refractivity contribution < 1.29 is 14.0 Å². The molecule has 0 aromatic heterocycles. The lowest BCUT2D eigenvalue weighted by molar-refractivity contribution is -0.114. The fourth-order valence-corrected chi connectivity index (χ4v) is 1.99. The SMILES string of the molecule is NCC(=O)Nc1cc(F)ccc1NC(=O)c1ccccc1Cl. The Hall–Kier alpha value is -2.44. The van der Waals surface area contributed by atoms with Crippen molar-refractivity contribution in [2.45, 2.75) is 0 Å². The van der Waals surface area contributed by atoms with E-state index in [2.05, 4.69) is 10.6 Å². The summed E-state index contributed by atoms with van der Waals surface area (Å²) in [6.07, 6.45) is 0. The summed E-state index contributed by atoms with van der Waals surface area (Å²) in [6, 6.07) is 10.1. The van der Waals surface area contributed by atoms with E-state index in [0.29, 0.717) is 0 Å². The van der Waals surface area contributed by atoms with Crippen LogP contribution in [0, 0.1) is 5.82 Å². The van der Waals surface area contributed by atoms with Gasteiger partial charge in [-0.05, 0) is 30.3 Å². The van der Waals surface area contributed by atoms with Gasteiger partial charge in [0.1, 0.15) is 5.82 Å². The van der Waals surface area contributed by atoms with Crippen molar-refractivity contribution in [2.75, 3.05) is 17.2 Å². The van der Waals surface area contributed by atoms with Crippen LogP contribution in [0.25, 0.3) is 0 Å². The third kappa shape index (κ3) is 3.81. The highest BCUT2D eigenvalue weighted by molar-refractivity contribution is 6.34. The topological polar surface area (TPSA) is 84.2 Å². The lowest BCUT2D eigenvalue weighted by atomic mass is 10.2. The highest BCUT2D eigenvalue weighted by Crippen LogP contribution is 2.24. The van der Waals surface area contributed by atoms with E-state index in [1.807, 2.05) is 0 Å². The average Bonchev–Trinajstić information content (AvgIpc) is 2.50. The van der Waals surface area contributed by atoms with E-state index in [1.165, 1.54) is 12.1 Å². The van der Waals surface area contributed by atoms with Crippen LogP contribution in [0.3, 0.4) is 0 Å². The van der Waals surface area contributed by atoms with Crippen molar-refractivity contribution in [1.82, 2.24) is 0 Å². The first-order valence-corrected chi connectivity index (χ1v) is 6.74. The molecule has 0 aliphatic heterocycles. The third-order valence-corrected chi connectivity index (χ3v) is 3.14. The number of anilines is 2. The second-order valence-electron chi connectivity index (χ2n) is 4.38. The molecule has 0 spiro atoms. The van der Waals surface area contributed by atoms with Crippen LogP contribution >= 0.6 is 11.6 Å². The summed E-state index contributed by atoms with van der Waals surface area (Å²) in [4.78, 5) is 23.6. The van der Waals surface area contributed by atoms with Crippen molar-refractivity contribution in [3.63, 3.8) is 0 Å². The number of carbonyl (C=O) groups is 2. The summed E-state index contributed by atoms with van der Waals surface area (Å²) >= 11 is 5.95. The largest absolute Gasteiger partial charge is 0.323 e. The van der Waals surface area contributed by atoms with Crippen molar-refractivity contribution in [3.8, 4) is 0 Å². The number of amides is 2. The van der Waals surface area contributed by atoms with Gasteiger partial charge in [0.25, 0.3) is 5.91 Å². The number of nitrogens with two attached hydrogens (primary N) is 1. The van der Waals surface area contributed by atoms with Gasteiger partial charge in [-0.25, -0.2) is 4.39 Å². The minimum absolute atomic E-state index is 0.121. The number of hydrogen-bond donors (Lipinski definition) is 3. The molecule has 2 aromatic carbocycles. The molecular formula is C15H13ClFN3O2. The van der Waals surface area contributed by atoms with Crippen LogP contribution in [0.2, 0.25) is 5.02 Å². The fraction of sp³-hybridized carbons (Fsp3) is 0.0667. The Morgan fingerprint density at radius 2 is 1.82 bits per heavy atom.